The van der Waals surface area contributed by atoms with Crippen molar-refractivity contribution in [3.63, 3.8) is 0 Å². The highest BCUT2D eigenvalue weighted by molar-refractivity contribution is 7.98. The maximum absolute atomic E-state index is 12.3. The highest BCUT2D eigenvalue weighted by atomic mass is 32.2. The fraction of sp³-hybridized carbons (Fsp3) is 0.526. The van der Waals surface area contributed by atoms with Crippen molar-refractivity contribution in [3.8, 4) is 0 Å². The molecule has 0 aliphatic carbocycles. The van der Waals surface area contributed by atoms with Crippen LogP contribution in [0.15, 0.2) is 29.2 Å². The third-order valence-corrected chi connectivity index (χ3v) is 6.16. The van der Waals surface area contributed by atoms with Crippen LogP contribution in [0.5, 0.6) is 0 Å². The van der Waals surface area contributed by atoms with E-state index in [-0.39, 0.29) is 5.56 Å². The third kappa shape index (κ3) is 3.94. The van der Waals surface area contributed by atoms with E-state index >= 15 is 0 Å². The zero-order valence-corrected chi connectivity index (χ0v) is 16.0. The fourth-order valence-electron chi connectivity index (χ4n) is 3.61. The number of hydrogen-bond donors (Lipinski definition) is 0. The number of thioether (sulfide) groups is 1. The Labute approximate surface area is 158 Å². The van der Waals surface area contributed by atoms with Crippen molar-refractivity contribution in [2.45, 2.75) is 25.6 Å². The Bertz CT molecular complexity index is 829. The van der Waals surface area contributed by atoms with Gasteiger partial charge in [-0.3, -0.25) is 14.7 Å². The number of anilines is 1. The lowest BCUT2D eigenvalue weighted by molar-refractivity contribution is 0.242. The molecule has 26 heavy (non-hydrogen) atoms. The van der Waals surface area contributed by atoms with Gasteiger partial charge in [0.05, 0.1) is 12.2 Å². The van der Waals surface area contributed by atoms with Crippen molar-refractivity contribution >= 4 is 17.4 Å². The van der Waals surface area contributed by atoms with Crippen LogP contribution in [0.2, 0.25) is 0 Å². The van der Waals surface area contributed by atoms with E-state index in [1.807, 2.05) is 24.9 Å². The van der Waals surface area contributed by atoms with E-state index in [1.54, 1.807) is 10.7 Å². The van der Waals surface area contributed by atoms with Gasteiger partial charge in [-0.25, -0.2) is 4.68 Å². The summed E-state index contributed by atoms with van der Waals surface area (Å²) in [5, 5.41) is 4.62. The summed E-state index contributed by atoms with van der Waals surface area (Å²) in [4.78, 5) is 21.4. The first-order valence-corrected chi connectivity index (χ1v) is 10.4. The maximum atomic E-state index is 12.3. The van der Waals surface area contributed by atoms with Crippen LogP contribution in [0.25, 0.3) is 0 Å². The molecule has 7 heteroatoms. The Morgan fingerprint density at radius 1 is 1.15 bits per heavy atom. The predicted molar refractivity (Wildman–Crippen MR) is 106 cm³/mol. The molecule has 2 aliphatic rings. The smallest absolute Gasteiger partial charge is 0.267 e. The molecule has 2 aromatic rings. The number of aryl methyl sites for hydroxylation is 2. The van der Waals surface area contributed by atoms with E-state index in [0.29, 0.717) is 6.54 Å². The second-order valence-electron chi connectivity index (χ2n) is 6.96. The molecule has 0 amide bonds. The number of nitrogens with zero attached hydrogens (tertiary/aromatic N) is 5. The molecule has 0 saturated carbocycles. The molecule has 4 rings (SSSR count). The van der Waals surface area contributed by atoms with E-state index in [9.17, 15) is 4.79 Å². The van der Waals surface area contributed by atoms with Gasteiger partial charge in [0.25, 0.3) is 5.56 Å². The molecule has 0 bridgehead atoms. The van der Waals surface area contributed by atoms with Gasteiger partial charge in [-0.15, -0.1) is 0 Å². The van der Waals surface area contributed by atoms with E-state index in [4.69, 9.17) is 0 Å². The molecule has 2 aliphatic heterocycles. The summed E-state index contributed by atoms with van der Waals surface area (Å²) in [5.41, 5.74) is 4.59. The lowest BCUT2D eigenvalue weighted by atomic mass is 10.2. The Morgan fingerprint density at radius 2 is 2.00 bits per heavy atom. The monoisotopic (exact) mass is 371 g/mol. The topological polar surface area (TPSA) is 54.3 Å². The number of rotatable bonds is 4. The van der Waals surface area contributed by atoms with Crippen LogP contribution in [0.4, 0.5) is 5.69 Å². The highest BCUT2D eigenvalue weighted by Gasteiger charge is 2.18. The van der Waals surface area contributed by atoms with Crippen molar-refractivity contribution in [3.05, 3.63) is 51.7 Å². The second kappa shape index (κ2) is 7.80. The molecule has 0 unspecified atom stereocenters. The van der Waals surface area contributed by atoms with Crippen molar-refractivity contribution < 1.29 is 0 Å². The van der Waals surface area contributed by atoms with E-state index in [1.165, 1.54) is 5.69 Å². The summed E-state index contributed by atoms with van der Waals surface area (Å²) in [5.74, 6) is 2.03. The zero-order chi connectivity index (χ0) is 17.9. The molecule has 0 atom stereocenters. The van der Waals surface area contributed by atoms with Gasteiger partial charge < -0.3 is 4.90 Å². The maximum Gasteiger partial charge on any atom is 0.267 e. The lowest BCUT2D eigenvalue weighted by Crippen LogP contribution is -2.47. The van der Waals surface area contributed by atoms with Gasteiger partial charge >= 0.3 is 0 Å². The summed E-state index contributed by atoms with van der Waals surface area (Å²) in [6.45, 7) is 7.62. The highest BCUT2D eigenvalue weighted by Crippen LogP contribution is 2.21. The van der Waals surface area contributed by atoms with Crippen molar-refractivity contribution in [2.24, 2.45) is 0 Å². The zero-order valence-electron chi connectivity index (χ0n) is 15.2. The summed E-state index contributed by atoms with van der Waals surface area (Å²) < 4.78 is 1.66. The number of piperazine rings is 1. The van der Waals surface area contributed by atoms with Crippen molar-refractivity contribution in [1.29, 1.82) is 0 Å². The molecule has 0 N–H and O–H groups in total. The number of fused-ring (bicyclic) bond motifs is 1. The Kier molecular flexibility index (Phi) is 5.26. The van der Waals surface area contributed by atoms with Crippen molar-refractivity contribution in [2.75, 3.05) is 43.4 Å². The first-order valence-electron chi connectivity index (χ1n) is 9.27. The van der Waals surface area contributed by atoms with E-state index in [0.717, 1.165) is 67.6 Å². The molecule has 4 heterocycles. The molecule has 0 aromatic carbocycles. The standard InChI is InChI=1S/C19H25N5OS/c1-15-12-17(2-4-20-15)23-8-5-22(6-9-23)7-10-24-19(25)13-16-14-26-11-3-18(16)21-24/h2,4,12-13H,3,5-11,14H2,1H3. The van der Waals surface area contributed by atoms with E-state index < -0.39 is 0 Å². The molecule has 138 valence electrons. The average Bonchev–Trinajstić information content (AvgIpc) is 2.67. The molecule has 0 radical (unpaired) electrons. The first-order chi connectivity index (χ1) is 12.7. The van der Waals surface area contributed by atoms with Crippen LogP contribution in [0, 0.1) is 6.92 Å². The van der Waals surface area contributed by atoms with Crippen LogP contribution in [-0.4, -0.2) is 58.1 Å². The third-order valence-electron chi connectivity index (χ3n) is 5.15. The van der Waals surface area contributed by atoms with Crippen molar-refractivity contribution in [1.82, 2.24) is 19.7 Å². The normalized spacial score (nSPS) is 18.0. The van der Waals surface area contributed by atoms with E-state index in [2.05, 4.69) is 32.0 Å². The van der Waals surface area contributed by atoms with Crippen LogP contribution in [0.3, 0.4) is 0 Å². The minimum Gasteiger partial charge on any atom is -0.369 e. The minimum absolute atomic E-state index is 0.0390. The molecule has 6 nitrogen and oxygen atoms in total. The van der Waals surface area contributed by atoms with Gasteiger partial charge in [-0.2, -0.15) is 16.9 Å². The molecule has 1 fully saturated rings. The summed E-state index contributed by atoms with van der Waals surface area (Å²) in [6.07, 6.45) is 2.86. The van der Waals surface area contributed by atoms with Crippen LogP contribution < -0.4 is 10.5 Å². The molecule has 1 saturated heterocycles. The summed E-state index contributed by atoms with van der Waals surface area (Å²) in [6, 6.07) is 6.01. The fourth-order valence-corrected chi connectivity index (χ4v) is 4.56. The van der Waals surface area contributed by atoms with Gasteiger partial charge in [0.2, 0.25) is 0 Å². The van der Waals surface area contributed by atoms with Gasteiger partial charge in [0.15, 0.2) is 0 Å². The first kappa shape index (κ1) is 17.5. The summed E-state index contributed by atoms with van der Waals surface area (Å²) >= 11 is 1.88. The average molecular weight is 372 g/mol. The van der Waals surface area contributed by atoms with Gasteiger partial charge in [0, 0.05) is 68.5 Å². The summed E-state index contributed by atoms with van der Waals surface area (Å²) in [7, 11) is 0. The minimum atomic E-state index is 0.0390. The number of aromatic nitrogens is 3. The number of hydrogen-bond acceptors (Lipinski definition) is 6. The molecule has 0 spiro atoms. The molecular weight excluding hydrogens is 346 g/mol. The molecule has 2 aromatic heterocycles. The SMILES string of the molecule is Cc1cc(N2CCN(CCn3nc4c(cc3=O)CSCC4)CC2)ccn1. The Morgan fingerprint density at radius 3 is 2.81 bits per heavy atom. The van der Waals surface area contributed by atoms with Crippen LogP contribution in [0.1, 0.15) is 17.0 Å². The van der Waals surface area contributed by atoms with Crippen LogP contribution >= 0.6 is 11.8 Å². The quantitative estimate of drug-likeness (QED) is 0.813. The van der Waals surface area contributed by atoms with Gasteiger partial charge in [-0.1, -0.05) is 0 Å². The largest absolute Gasteiger partial charge is 0.369 e. The number of pyridine rings is 1. The van der Waals surface area contributed by atoms with Gasteiger partial charge in [0.1, 0.15) is 0 Å². The van der Waals surface area contributed by atoms with Crippen LogP contribution in [-0.2, 0) is 18.7 Å². The van der Waals surface area contributed by atoms with Gasteiger partial charge in [-0.05, 0) is 30.4 Å². The Hall–Kier alpha value is -1.86. The molecular formula is C19H25N5OS. The lowest BCUT2D eigenvalue weighted by Gasteiger charge is -2.36. The Balaban J connectivity index is 1.33. The second-order valence-corrected chi connectivity index (χ2v) is 8.07. The predicted octanol–water partition coefficient (Wildman–Crippen LogP) is 1.56.